The van der Waals surface area contributed by atoms with Crippen LogP contribution < -0.4 is 5.32 Å². The lowest BCUT2D eigenvalue weighted by atomic mass is 10.2. The van der Waals surface area contributed by atoms with E-state index in [1.54, 1.807) is 24.3 Å². The van der Waals surface area contributed by atoms with Gasteiger partial charge in [0.15, 0.2) is 11.6 Å². The molecule has 27 heavy (non-hydrogen) atoms. The quantitative estimate of drug-likeness (QED) is 0.590. The fourth-order valence-corrected chi connectivity index (χ4v) is 2.58. The molecule has 1 N–H and O–H groups in total. The van der Waals surface area contributed by atoms with Crippen molar-refractivity contribution in [2.45, 2.75) is 6.92 Å². The van der Waals surface area contributed by atoms with Crippen molar-refractivity contribution in [3.63, 3.8) is 0 Å². The van der Waals surface area contributed by atoms with Gasteiger partial charge in [-0.05, 0) is 43.3 Å². The second-order valence-electron chi connectivity index (χ2n) is 5.92. The van der Waals surface area contributed by atoms with Crippen molar-refractivity contribution in [1.29, 1.82) is 0 Å². The molecule has 0 aliphatic heterocycles. The van der Waals surface area contributed by atoms with Crippen LogP contribution in [-0.2, 0) is 0 Å². The molecule has 7 heteroatoms. The highest BCUT2D eigenvalue weighted by Crippen LogP contribution is 2.22. The summed E-state index contributed by atoms with van der Waals surface area (Å²) in [6, 6.07) is 17.0. The number of para-hydroxylation sites is 1. The zero-order chi connectivity index (χ0) is 18.8. The SMILES string of the molecule is Cc1ccc(-n2nc(C(=O)Nc3ccccc3F)nc2-c2ccco2)cc1. The monoisotopic (exact) mass is 362 g/mol. The van der Waals surface area contributed by atoms with E-state index in [2.05, 4.69) is 15.4 Å². The molecule has 6 nitrogen and oxygen atoms in total. The molecule has 1 amide bonds. The number of hydrogen-bond acceptors (Lipinski definition) is 4. The molecule has 0 aliphatic carbocycles. The zero-order valence-electron chi connectivity index (χ0n) is 14.4. The minimum atomic E-state index is -0.612. The third kappa shape index (κ3) is 3.35. The van der Waals surface area contributed by atoms with Gasteiger partial charge in [0.05, 0.1) is 17.6 Å². The number of hydrogen-bond donors (Lipinski definition) is 1. The average Bonchev–Trinajstić information content (AvgIpc) is 3.33. The molecule has 2 aromatic carbocycles. The number of anilines is 1. The van der Waals surface area contributed by atoms with Crippen LogP contribution in [0.25, 0.3) is 17.3 Å². The number of furan rings is 1. The van der Waals surface area contributed by atoms with Gasteiger partial charge in [0.2, 0.25) is 5.82 Å². The van der Waals surface area contributed by atoms with E-state index in [1.165, 1.54) is 23.1 Å². The van der Waals surface area contributed by atoms with Crippen molar-refractivity contribution in [3.8, 4) is 17.3 Å². The lowest BCUT2D eigenvalue weighted by Gasteiger charge is -2.04. The Morgan fingerprint density at radius 1 is 1.07 bits per heavy atom. The van der Waals surface area contributed by atoms with Crippen molar-refractivity contribution in [1.82, 2.24) is 14.8 Å². The Hall–Kier alpha value is -3.74. The van der Waals surface area contributed by atoms with E-state index >= 15 is 0 Å². The molecule has 0 spiro atoms. The fraction of sp³-hybridized carbons (Fsp3) is 0.0500. The van der Waals surface area contributed by atoms with Gasteiger partial charge in [-0.25, -0.2) is 9.07 Å². The lowest BCUT2D eigenvalue weighted by Crippen LogP contribution is -2.15. The first-order valence-corrected chi connectivity index (χ1v) is 8.26. The van der Waals surface area contributed by atoms with Crippen molar-refractivity contribution in [2.24, 2.45) is 0 Å². The van der Waals surface area contributed by atoms with Crippen LogP contribution in [0, 0.1) is 12.7 Å². The van der Waals surface area contributed by atoms with Gasteiger partial charge in [-0.15, -0.1) is 5.10 Å². The molecule has 0 radical (unpaired) electrons. The largest absolute Gasteiger partial charge is 0.461 e. The highest BCUT2D eigenvalue weighted by Gasteiger charge is 2.21. The summed E-state index contributed by atoms with van der Waals surface area (Å²) < 4.78 is 20.7. The second-order valence-corrected chi connectivity index (χ2v) is 5.92. The fourth-order valence-electron chi connectivity index (χ4n) is 2.58. The maximum Gasteiger partial charge on any atom is 0.295 e. The number of amides is 1. The highest BCUT2D eigenvalue weighted by molar-refractivity contribution is 6.01. The van der Waals surface area contributed by atoms with Crippen LogP contribution in [-0.4, -0.2) is 20.7 Å². The van der Waals surface area contributed by atoms with Gasteiger partial charge in [-0.2, -0.15) is 4.98 Å². The molecule has 134 valence electrons. The molecule has 0 saturated heterocycles. The van der Waals surface area contributed by atoms with E-state index in [0.29, 0.717) is 11.6 Å². The molecule has 4 aromatic rings. The number of aromatic nitrogens is 3. The summed E-state index contributed by atoms with van der Waals surface area (Å²) in [6.07, 6.45) is 1.52. The first-order valence-electron chi connectivity index (χ1n) is 8.26. The van der Waals surface area contributed by atoms with E-state index in [1.807, 2.05) is 31.2 Å². The van der Waals surface area contributed by atoms with Gasteiger partial charge >= 0.3 is 0 Å². The van der Waals surface area contributed by atoms with Gasteiger partial charge in [0, 0.05) is 0 Å². The Balaban J connectivity index is 1.74. The molecular weight excluding hydrogens is 347 g/mol. The summed E-state index contributed by atoms with van der Waals surface area (Å²) in [4.78, 5) is 16.8. The van der Waals surface area contributed by atoms with Crippen LogP contribution in [0.15, 0.2) is 71.3 Å². The number of carbonyl (C=O) groups is 1. The first-order chi connectivity index (χ1) is 13.1. The van der Waals surface area contributed by atoms with Crippen LogP contribution in [0.5, 0.6) is 0 Å². The predicted octanol–water partition coefficient (Wildman–Crippen LogP) is 4.23. The molecule has 4 rings (SSSR count). The van der Waals surface area contributed by atoms with Crippen LogP contribution in [0.1, 0.15) is 16.2 Å². The number of nitrogens with zero attached hydrogens (tertiary/aromatic N) is 3. The number of nitrogens with one attached hydrogen (secondary N) is 1. The first kappa shape index (κ1) is 16.7. The number of aryl methyl sites for hydroxylation is 1. The van der Waals surface area contributed by atoms with Gasteiger partial charge in [-0.1, -0.05) is 29.8 Å². The standard InChI is InChI=1S/C20H15FN4O2/c1-13-8-10-14(11-9-13)25-19(17-7-4-12-27-17)23-18(24-25)20(26)22-16-6-3-2-5-15(16)21/h2-12H,1H3,(H,22,26). The lowest BCUT2D eigenvalue weighted by molar-refractivity contribution is 0.101. The van der Waals surface area contributed by atoms with E-state index < -0.39 is 11.7 Å². The molecule has 0 atom stereocenters. The maximum absolute atomic E-state index is 13.8. The molecule has 2 aromatic heterocycles. The molecule has 0 saturated carbocycles. The number of carbonyl (C=O) groups excluding carboxylic acids is 1. The van der Waals surface area contributed by atoms with Crippen molar-refractivity contribution in [2.75, 3.05) is 5.32 Å². The van der Waals surface area contributed by atoms with Crippen molar-refractivity contribution >= 4 is 11.6 Å². The minimum Gasteiger partial charge on any atom is -0.461 e. The Bertz CT molecular complexity index is 1090. The number of halogens is 1. The molecule has 0 aliphatic rings. The summed E-state index contributed by atoms with van der Waals surface area (Å²) in [5, 5.41) is 6.79. The molecule has 0 bridgehead atoms. The van der Waals surface area contributed by atoms with E-state index in [4.69, 9.17) is 4.42 Å². The third-order valence-corrected chi connectivity index (χ3v) is 3.95. The maximum atomic E-state index is 13.8. The second kappa shape index (κ2) is 6.87. The van der Waals surface area contributed by atoms with Gasteiger partial charge in [-0.3, -0.25) is 4.79 Å². The van der Waals surface area contributed by atoms with E-state index in [0.717, 1.165) is 11.3 Å². The van der Waals surface area contributed by atoms with E-state index in [-0.39, 0.29) is 11.5 Å². The normalized spacial score (nSPS) is 10.7. The van der Waals surface area contributed by atoms with Gasteiger partial charge in [0.1, 0.15) is 5.82 Å². The molecule has 0 unspecified atom stereocenters. The summed E-state index contributed by atoms with van der Waals surface area (Å²) in [6.45, 7) is 1.98. The molecule has 2 heterocycles. The summed E-state index contributed by atoms with van der Waals surface area (Å²) in [5.41, 5.74) is 1.88. The number of rotatable bonds is 4. The Morgan fingerprint density at radius 2 is 1.85 bits per heavy atom. The van der Waals surface area contributed by atoms with Crippen molar-refractivity contribution in [3.05, 3.63) is 84.1 Å². The molecule has 0 fully saturated rings. The summed E-state index contributed by atoms with van der Waals surface area (Å²) >= 11 is 0. The molecular formula is C20H15FN4O2. The van der Waals surface area contributed by atoms with Crippen LogP contribution in [0.3, 0.4) is 0 Å². The van der Waals surface area contributed by atoms with Gasteiger partial charge in [0.25, 0.3) is 5.91 Å². The number of benzene rings is 2. The predicted molar refractivity (Wildman–Crippen MR) is 98.2 cm³/mol. The topological polar surface area (TPSA) is 73.0 Å². The third-order valence-electron chi connectivity index (χ3n) is 3.95. The van der Waals surface area contributed by atoms with Crippen LogP contribution in [0.2, 0.25) is 0 Å². The Labute approximate surface area is 154 Å². The summed E-state index contributed by atoms with van der Waals surface area (Å²) in [7, 11) is 0. The highest BCUT2D eigenvalue weighted by atomic mass is 19.1. The van der Waals surface area contributed by atoms with Crippen LogP contribution >= 0.6 is 0 Å². The smallest absolute Gasteiger partial charge is 0.295 e. The Morgan fingerprint density at radius 3 is 2.56 bits per heavy atom. The average molecular weight is 362 g/mol. The zero-order valence-corrected chi connectivity index (χ0v) is 14.4. The minimum absolute atomic E-state index is 0.0636. The van der Waals surface area contributed by atoms with Crippen LogP contribution in [0.4, 0.5) is 10.1 Å². The van der Waals surface area contributed by atoms with Gasteiger partial charge < -0.3 is 9.73 Å². The summed E-state index contributed by atoms with van der Waals surface area (Å²) in [5.74, 6) is -0.394. The van der Waals surface area contributed by atoms with Crippen molar-refractivity contribution < 1.29 is 13.6 Å². The van der Waals surface area contributed by atoms with E-state index in [9.17, 15) is 9.18 Å². The Kier molecular flexibility index (Phi) is 4.25.